The summed E-state index contributed by atoms with van der Waals surface area (Å²) in [6, 6.07) is 13.4. The molecule has 0 bridgehead atoms. The molecule has 0 radical (unpaired) electrons. The van der Waals surface area contributed by atoms with Gasteiger partial charge in [-0.2, -0.15) is 0 Å². The van der Waals surface area contributed by atoms with Gasteiger partial charge in [0.05, 0.1) is 6.61 Å². The van der Waals surface area contributed by atoms with Gasteiger partial charge in [0, 0.05) is 5.56 Å². The van der Waals surface area contributed by atoms with E-state index in [-0.39, 0.29) is 22.5 Å². The maximum atomic E-state index is 12.1. The van der Waals surface area contributed by atoms with E-state index in [2.05, 4.69) is 4.74 Å². The van der Waals surface area contributed by atoms with E-state index in [9.17, 15) is 15.0 Å². The van der Waals surface area contributed by atoms with Gasteiger partial charge in [0.2, 0.25) is 11.2 Å². The van der Waals surface area contributed by atoms with Crippen molar-refractivity contribution >= 4 is 11.0 Å². The lowest BCUT2D eigenvalue weighted by Gasteiger charge is -2.09. The Labute approximate surface area is 164 Å². The van der Waals surface area contributed by atoms with Crippen molar-refractivity contribution in [3.05, 3.63) is 58.8 Å². The summed E-state index contributed by atoms with van der Waals surface area (Å²) in [5.41, 5.74) is 0.196. The smallest absolute Gasteiger partial charge is 0.238 e. The highest BCUT2D eigenvalue weighted by Crippen LogP contribution is 2.32. The number of rotatable bonds is 2. The summed E-state index contributed by atoms with van der Waals surface area (Å²) in [5, 5.41) is 54.6. The molecule has 0 unspecified atom stereocenters. The van der Waals surface area contributed by atoms with Gasteiger partial charge in [-0.05, 0) is 12.1 Å². The van der Waals surface area contributed by atoms with Crippen molar-refractivity contribution in [1.29, 1.82) is 0 Å². The van der Waals surface area contributed by atoms with E-state index in [1.165, 1.54) is 6.07 Å². The molecule has 0 aliphatic carbocycles. The molecule has 1 aromatic heterocycles. The van der Waals surface area contributed by atoms with Crippen LogP contribution in [0.25, 0.3) is 22.3 Å². The molecule has 0 spiro atoms. The molecule has 9 nitrogen and oxygen atoms in total. The van der Waals surface area contributed by atoms with Gasteiger partial charge >= 0.3 is 0 Å². The van der Waals surface area contributed by atoms with Crippen LogP contribution in [0.2, 0.25) is 0 Å². The molecule has 3 aromatic rings. The molecule has 1 aliphatic heterocycles. The number of aliphatic hydroxyl groups excluding tert-OH is 4. The van der Waals surface area contributed by atoms with E-state index in [1.54, 1.807) is 36.4 Å². The topological polar surface area (TPSA) is 161 Å². The van der Waals surface area contributed by atoms with Crippen LogP contribution in [0, 0.1) is 0 Å². The third kappa shape index (κ3) is 4.09. The number of hydrogen-bond acceptors (Lipinski definition) is 9. The van der Waals surface area contributed by atoms with Gasteiger partial charge in [0.25, 0.3) is 0 Å². The van der Waals surface area contributed by atoms with E-state index in [0.29, 0.717) is 5.56 Å². The van der Waals surface area contributed by atoms with E-state index >= 15 is 0 Å². The number of aliphatic hydroxyl groups is 4. The number of phenols is 1. The maximum Gasteiger partial charge on any atom is 0.238 e. The van der Waals surface area contributed by atoms with Gasteiger partial charge in [0.1, 0.15) is 35.0 Å². The van der Waals surface area contributed by atoms with E-state index in [0.717, 1.165) is 0 Å². The zero-order valence-electron chi connectivity index (χ0n) is 15.0. The predicted octanol–water partition coefficient (Wildman–Crippen LogP) is 0.289. The molecule has 154 valence electrons. The largest absolute Gasteiger partial charge is 0.507 e. The Hall–Kier alpha value is -2.95. The summed E-state index contributed by atoms with van der Waals surface area (Å²) in [4.78, 5) is 12.1. The summed E-state index contributed by atoms with van der Waals surface area (Å²) in [7, 11) is 0. The summed E-state index contributed by atoms with van der Waals surface area (Å²) in [6.45, 7) is -0.407. The summed E-state index contributed by atoms with van der Waals surface area (Å²) < 4.78 is 10.1. The summed E-state index contributed by atoms with van der Waals surface area (Å²) >= 11 is 0. The Kier molecular flexibility index (Phi) is 6.16. The number of fused-ring (bicyclic) bond motifs is 1. The van der Waals surface area contributed by atoms with Crippen LogP contribution in [0.5, 0.6) is 11.5 Å². The third-order valence-electron chi connectivity index (χ3n) is 4.43. The van der Waals surface area contributed by atoms with Gasteiger partial charge in [-0.25, -0.2) is 0 Å². The predicted molar refractivity (Wildman–Crippen MR) is 101 cm³/mol. The first kappa shape index (κ1) is 20.8. The average Bonchev–Trinajstić information content (AvgIpc) is 2.98. The van der Waals surface area contributed by atoms with E-state index in [4.69, 9.17) is 24.8 Å². The highest BCUT2D eigenvalue weighted by Gasteiger charge is 2.41. The molecule has 2 heterocycles. The molecule has 0 amide bonds. The quantitative estimate of drug-likeness (QED) is 0.353. The minimum atomic E-state index is -1.38. The number of ether oxygens (including phenoxy) is 1. The molecule has 0 saturated carbocycles. The second kappa shape index (κ2) is 8.60. The molecular formula is C20H20O9. The Balaban J connectivity index is 0.000000204. The van der Waals surface area contributed by atoms with Crippen LogP contribution in [-0.2, 0) is 4.74 Å². The zero-order valence-corrected chi connectivity index (χ0v) is 15.0. The van der Waals surface area contributed by atoms with Crippen molar-refractivity contribution in [3.63, 3.8) is 0 Å². The maximum absolute atomic E-state index is 12.1. The van der Waals surface area contributed by atoms with Gasteiger partial charge < -0.3 is 39.8 Å². The standard InChI is InChI=1S/C15H10O4.C5H10O5/c16-10-7-4-8-11-12(10)13(17)14(18)15(19-11)9-5-2-1-3-6-9;6-1-2-3(7)4(8)5(9)10-2/h1-8,16,18H;2-9H,1H2/t;2-,3-,4-,5-/m.1/s1. The lowest BCUT2D eigenvalue weighted by Crippen LogP contribution is -2.33. The summed E-state index contributed by atoms with van der Waals surface area (Å²) in [6.07, 6.45) is -4.76. The Bertz CT molecular complexity index is 1030. The van der Waals surface area contributed by atoms with E-state index in [1.807, 2.05) is 6.07 Å². The lowest BCUT2D eigenvalue weighted by atomic mass is 10.1. The van der Waals surface area contributed by atoms with Crippen LogP contribution in [-0.4, -0.2) is 61.8 Å². The van der Waals surface area contributed by atoms with Crippen LogP contribution >= 0.6 is 0 Å². The Morgan fingerprint density at radius 3 is 2.14 bits per heavy atom. The second-order valence-corrected chi connectivity index (χ2v) is 6.35. The highest BCUT2D eigenvalue weighted by molar-refractivity contribution is 5.86. The molecule has 1 saturated heterocycles. The van der Waals surface area contributed by atoms with Crippen molar-refractivity contribution in [3.8, 4) is 22.8 Å². The first-order chi connectivity index (χ1) is 13.8. The minimum Gasteiger partial charge on any atom is -0.507 e. The van der Waals surface area contributed by atoms with Gasteiger partial charge in [0.15, 0.2) is 12.1 Å². The molecule has 4 atom stereocenters. The molecule has 9 heteroatoms. The van der Waals surface area contributed by atoms with Crippen LogP contribution < -0.4 is 5.43 Å². The Morgan fingerprint density at radius 1 is 0.897 bits per heavy atom. The average molecular weight is 404 g/mol. The lowest BCUT2D eigenvalue weighted by molar-refractivity contribution is -0.132. The van der Waals surface area contributed by atoms with Crippen molar-refractivity contribution in [2.24, 2.45) is 0 Å². The van der Waals surface area contributed by atoms with Crippen molar-refractivity contribution in [1.82, 2.24) is 0 Å². The van der Waals surface area contributed by atoms with Gasteiger partial charge in [-0.15, -0.1) is 0 Å². The Morgan fingerprint density at radius 2 is 1.59 bits per heavy atom. The second-order valence-electron chi connectivity index (χ2n) is 6.35. The van der Waals surface area contributed by atoms with Gasteiger partial charge in [-0.1, -0.05) is 36.4 Å². The molecule has 29 heavy (non-hydrogen) atoms. The third-order valence-corrected chi connectivity index (χ3v) is 4.43. The molecule has 6 N–H and O–H groups in total. The molecule has 4 rings (SSSR count). The van der Waals surface area contributed by atoms with E-state index < -0.39 is 42.4 Å². The summed E-state index contributed by atoms with van der Waals surface area (Å²) in [5.74, 6) is -0.606. The molecule has 1 fully saturated rings. The van der Waals surface area contributed by atoms with Crippen LogP contribution in [0.3, 0.4) is 0 Å². The molecular weight excluding hydrogens is 384 g/mol. The minimum absolute atomic E-state index is 0.0142. The number of hydrogen-bond donors (Lipinski definition) is 6. The zero-order chi connectivity index (χ0) is 21.1. The highest BCUT2D eigenvalue weighted by atomic mass is 16.6. The molecule has 1 aliphatic rings. The molecule has 2 aromatic carbocycles. The monoisotopic (exact) mass is 404 g/mol. The SMILES string of the molecule is O=c1c(O)c(-c2ccccc2)oc2cccc(O)c12.OC[C@H]1O[C@@H](O)[C@H](O)[C@@H]1O. The fraction of sp³-hybridized carbons (Fsp3) is 0.250. The first-order valence-corrected chi connectivity index (χ1v) is 8.68. The number of phenolic OH excluding ortho intramolecular Hbond substituents is 1. The fourth-order valence-electron chi connectivity index (χ4n) is 2.88. The van der Waals surface area contributed by atoms with Crippen LogP contribution in [0.4, 0.5) is 0 Å². The number of aromatic hydroxyl groups is 2. The van der Waals surface area contributed by atoms with Crippen LogP contribution in [0.15, 0.2) is 57.7 Å². The van der Waals surface area contributed by atoms with Crippen molar-refractivity contribution in [2.45, 2.75) is 24.6 Å². The van der Waals surface area contributed by atoms with Gasteiger partial charge in [-0.3, -0.25) is 4.79 Å². The first-order valence-electron chi connectivity index (χ1n) is 8.68. The normalized spacial score (nSPS) is 23.6. The number of benzene rings is 2. The van der Waals surface area contributed by atoms with Crippen molar-refractivity contribution < 1.29 is 39.8 Å². The van der Waals surface area contributed by atoms with Crippen molar-refractivity contribution in [2.75, 3.05) is 6.61 Å². The van der Waals surface area contributed by atoms with Crippen LogP contribution in [0.1, 0.15) is 0 Å². The fourth-order valence-corrected chi connectivity index (χ4v) is 2.88.